The fraction of sp³-hybridized carbons (Fsp3) is 0.667. The number of piperidine rings is 1. The molecule has 2 rings (SSSR count). The third-order valence-corrected chi connectivity index (χ3v) is 4.08. The molecule has 1 atom stereocenters. The van der Waals surface area contributed by atoms with E-state index >= 15 is 0 Å². The van der Waals surface area contributed by atoms with Crippen LogP contribution in [0.15, 0.2) is 10.2 Å². The SMILES string of the molecule is Cc1csc(=O)n1CCC(=O)NC1CCCNC1. The zero-order valence-corrected chi connectivity index (χ0v) is 11.4. The second-order valence-corrected chi connectivity index (χ2v) is 5.48. The molecule has 5 nitrogen and oxygen atoms in total. The summed E-state index contributed by atoms with van der Waals surface area (Å²) < 4.78 is 1.66. The number of carbonyl (C=O) groups is 1. The lowest BCUT2D eigenvalue weighted by molar-refractivity contribution is -0.122. The molecule has 0 bridgehead atoms. The van der Waals surface area contributed by atoms with Crippen LogP contribution in [0.1, 0.15) is 25.0 Å². The summed E-state index contributed by atoms with van der Waals surface area (Å²) in [6, 6.07) is 0.242. The summed E-state index contributed by atoms with van der Waals surface area (Å²) in [5.74, 6) is 0.0289. The van der Waals surface area contributed by atoms with Crippen molar-refractivity contribution in [1.29, 1.82) is 0 Å². The third-order valence-electron chi connectivity index (χ3n) is 3.20. The van der Waals surface area contributed by atoms with Gasteiger partial charge in [-0.3, -0.25) is 9.59 Å². The zero-order chi connectivity index (χ0) is 13.0. The van der Waals surface area contributed by atoms with Gasteiger partial charge in [0, 0.05) is 36.6 Å². The first kappa shape index (κ1) is 13.3. The number of amides is 1. The van der Waals surface area contributed by atoms with Gasteiger partial charge in [-0.1, -0.05) is 11.3 Å². The summed E-state index contributed by atoms with van der Waals surface area (Å²) in [6.45, 7) is 4.25. The van der Waals surface area contributed by atoms with Gasteiger partial charge in [0.25, 0.3) is 0 Å². The summed E-state index contributed by atoms with van der Waals surface area (Å²) >= 11 is 1.18. The Morgan fingerprint density at radius 1 is 1.67 bits per heavy atom. The van der Waals surface area contributed by atoms with Crippen LogP contribution in [-0.4, -0.2) is 29.6 Å². The minimum Gasteiger partial charge on any atom is -0.352 e. The van der Waals surface area contributed by atoms with Gasteiger partial charge in [0.05, 0.1) is 0 Å². The summed E-state index contributed by atoms with van der Waals surface area (Å²) in [7, 11) is 0. The van der Waals surface area contributed by atoms with Crippen LogP contribution >= 0.6 is 11.3 Å². The van der Waals surface area contributed by atoms with Crippen molar-refractivity contribution in [1.82, 2.24) is 15.2 Å². The first-order valence-electron chi connectivity index (χ1n) is 6.32. The van der Waals surface area contributed by atoms with Crippen molar-refractivity contribution in [3.63, 3.8) is 0 Å². The Hall–Kier alpha value is -1.14. The molecule has 0 spiro atoms. The van der Waals surface area contributed by atoms with Crippen LogP contribution in [0.4, 0.5) is 0 Å². The molecule has 1 amide bonds. The van der Waals surface area contributed by atoms with E-state index in [1.165, 1.54) is 11.3 Å². The van der Waals surface area contributed by atoms with Gasteiger partial charge in [-0.15, -0.1) is 0 Å². The maximum Gasteiger partial charge on any atom is 0.307 e. The van der Waals surface area contributed by atoms with E-state index in [1.807, 2.05) is 12.3 Å². The van der Waals surface area contributed by atoms with Crippen LogP contribution in [0.2, 0.25) is 0 Å². The van der Waals surface area contributed by atoms with E-state index in [4.69, 9.17) is 0 Å². The second kappa shape index (κ2) is 6.15. The van der Waals surface area contributed by atoms with Gasteiger partial charge in [-0.25, -0.2) is 0 Å². The Kier molecular flexibility index (Phi) is 4.54. The zero-order valence-electron chi connectivity index (χ0n) is 10.6. The quantitative estimate of drug-likeness (QED) is 0.835. The number of nitrogens with one attached hydrogen (secondary N) is 2. The molecular weight excluding hydrogens is 250 g/mol. The number of rotatable bonds is 4. The number of thiazole rings is 1. The van der Waals surface area contributed by atoms with E-state index in [9.17, 15) is 9.59 Å². The molecule has 0 radical (unpaired) electrons. The van der Waals surface area contributed by atoms with E-state index < -0.39 is 0 Å². The van der Waals surface area contributed by atoms with Gasteiger partial charge in [-0.2, -0.15) is 0 Å². The van der Waals surface area contributed by atoms with Crippen molar-refractivity contribution >= 4 is 17.2 Å². The van der Waals surface area contributed by atoms with Crippen molar-refractivity contribution in [3.8, 4) is 0 Å². The molecule has 1 aliphatic heterocycles. The number of aromatic nitrogens is 1. The minimum atomic E-state index is 0.0135. The summed E-state index contributed by atoms with van der Waals surface area (Å²) in [4.78, 5) is 23.3. The lowest BCUT2D eigenvalue weighted by Crippen LogP contribution is -2.45. The van der Waals surface area contributed by atoms with Crippen molar-refractivity contribution in [2.45, 2.75) is 38.8 Å². The standard InChI is InChI=1S/C12H19N3O2S/c1-9-8-18-12(17)15(9)6-4-11(16)14-10-3-2-5-13-7-10/h8,10,13H,2-7H2,1H3,(H,14,16). The molecule has 1 aromatic rings. The molecule has 100 valence electrons. The molecule has 1 unspecified atom stereocenters. The molecular formula is C12H19N3O2S. The Bertz CT molecular complexity index is 460. The van der Waals surface area contributed by atoms with Crippen molar-refractivity contribution in [3.05, 3.63) is 20.7 Å². The highest BCUT2D eigenvalue weighted by Crippen LogP contribution is 2.03. The molecule has 1 aromatic heterocycles. The molecule has 18 heavy (non-hydrogen) atoms. The van der Waals surface area contributed by atoms with E-state index in [1.54, 1.807) is 4.57 Å². The average Bonchev–Trinajstić information content (AvgIpc) is 2.68. The molecule has 0 aliphatic carbocycles. The van der Waals surface area contributed by atoms with Crippen LogP contribution < -0.4 is 15.5 Å². The number of hydrogen-bond acceptors (Lipinski definition) is 4. The molecule has 2 heterocycles. The predicted molar refractivity (Wildman–Crippen MR) is 72.0 cm³/mol. The largest absolute Gasteiger partial charge is 0.352 e. The number of aryl methyl sites for hydroxylation is 1. The highest BCUT2D eigenvalue weighted by molar-refractivity contribution is 7.07. The Labute approximate surface area is 110 Å². The number of nitrogens with zero attached hydrogens (tertiary/aromatic N) is 1. The molecule has 0 saturated carbocycles. The molecule has 1 saturated heterocycles. The predicted octanol–water partition coefficient (Wildman–Crippen LogP) is 0.477. The van der Waals surface area contributed by atoms with E-state index in [0.29, 0.717) is 13.0 Å². The fourth-order valence-electron chi connectivity index (χ4n) is 2.16. The van der Waals surface area contributed by atoms with Crippen molar-refractivity contribution in [2.75, 3.05) is 13.1 Å². The van der Waals surface area contributed by atoms with Gasteiger partial charge < -0.3 is 15.2 Å². The maximum atomic E-state index is 11.8. The van der Waals surface area contributed by atoms with E-state index in [-0.39, 0.29) is 16.8 Å². The Balaban J connectivity index is 1.79. The fourth-order valence-corrected chi connectivity index (χ4v) is 2.92. The third kappa shape index (κ3) is 3.43. The first-order valence-corrected chi connectivity index (χ1v) is 7.20. The van der Waals surface area contributed by atoms with Gasteiger partial charge >= 0.3 is 4.87 Å². The normalized spacial score (nSPS) is 19.7. The van der Waals surface area contributed by atoms with Crippen molar-refractivity contribution in [2.24, 2.45) is 0 Å². The van der Waals surface area contributed by atoms with Crippen LogP contribution in [0.3, 0.4) is 0 Å². The smallest absolute Gasteiger partial charge is 0.307 e. The van der Waals surface area contributed by atoms with Crippen LogP contribution in [0.5, 0.6) is 0 Å². The second-order valence-electron chi connectivity index (χ2n) is 4.66. The summed E-state index contributed by atoms with van der Waals surface area (Å²) in [5, 5.41) is 8.09. The Morgan fingerprint density at radius 2 is 2.50 bits per heavy atom. The molecule has 0 aromatic carbocycles. The number of hydrogen-bond donors (Lipinski definition) is 2. The van der Waals surface area contributed by atoms with Crippen LogP contribution in [0.25, 0.3) is 0 Å². The van der Waals surface area contributed by atoms with Gasteiger partial charge in [0.15, 0.2) is 0 Å². The summed E-state index contributed by atoms with van der Waals surface area (Å²) in [6.07, 6.45) is 2.51. The van der Waals surface area contributed by atoms with E-state index in [2.05, 4.69) is 10.6 Å². The maximum absolute atomic E-state index is 11.8. The first-order chi connectivity index (χ1) is 8.66. The minimum absolute atomic E-state index is 0.0135. The lowest BCUT2D eigenvalue weighted by atomic mass is 10.1. The Morgan fingerprint density at radius 3 is 3.11 bits per heavy atom. The number of carbonyl (C=O) groups excluding carboxylic acids is 1. The lowest BCUT2D eigenvalue weighted by Gasteiger charge is -2.23. The van der Waals surface area contributed by atoms with E-state index in [0.717, 1.165) is 31.6 Å². The van der Waals surface area contributed by atoms with Gasteiger partial charge in [0.1, 0.15) is 0 Å². The van der Waals surface area contributed by atoms with Gasteiger partial charge in [-0.05, 0) is 26.3 Å². The highest BCUT2D eigenvalue weighted by Gasteiger charge is 2.15. The molecule has 1 fully saturated rings. The molecule has 6 heteroatoms. The topological polar surface area (TPSA) is 63.1 Å². The monoisotopic (exact) mass is 269 g/mol. The molecule has 2 N–H and O–H groups in total. The van der Waals surface area contributed by atoms with Crippen LogP contribution in [-0.2, 0) is 11.3 Å². The highest BCUT2D eigenvalue weighted by atomic mass is 32.1. The van der Waals surface area contributed by atoms with Crippen molar-refractivity contribution < 1.29 is 4.79 Å². The van der Waals surface area contributed by atoms with Gasteiger partial charge in [0.2, 0.25) is 5.91 Å². The average molecular weight is 269 g/mol. The van der Waals surface area contributed by atoms with Crippen LogP contribution in [0, 0.1) is 6.92 Å². The summed E-state index contributed by atoms with van der Waals surface area (Å²) in [5.41, 5.74) is 0.928. The molecule has 1 aliphatic rings.